The number of sulfonamides is 1. The van der Waals surface area contributed by atoms with Crippen LogP contribution >= 0.6 is 15.9 Å². The lowest BCUT2D eigenvalue weighted by Crippen LogP contribution is -2.30. The molecule has 0 saturated heterocycles. The highest BCUT2D eigenvalue weighted by Crippen LogP contribution is 2.18. The van der Waals surface area contributed by atoms with Crippen LogP contribution in [0.15, 0.2) is 22.7 Å². The molecule has 0 unspecified atom stereocenters. The van der Waals surface area contributed by atoms with E-state index in [-0.39, 0.29) is 23.2 Å². The molecule has 1 aromatic rings. The highest BCUT2D eigenvalue weighted by molar-refractivity contribution is 9.10. The molecule has 0 saturated carbocycles. The van der Waals surface area contributed by atoms with E-state index in [9.17, 15) is 17.6 Å². The first kappa shape index (κ1) is 16.1. The minimum atomic E-state index is -3.65. The number of hydrogen-bond acceptors (Lipinski definition) is 3. The SMILES string of the molecule is CN(CCC(=O)O)S(=O)(=O)Cc1ccc(Br)c(F)c1. The van der Waals surface area contributed by atoms with Crippen molar-refractivity contribution in [1.29, 1.82) is 0 Å². The van der Waals surface area contributed by atoms with Crippen molar-refractivity contribution in [1.82, 2.24) is 4.31 Å². The molecule has 0 aliphatic carbocycles. The fourth-order valence-electron chi connectivity index (χ4n) is 1.34. The monoisotopic (exact) mass is 353 g/mol. The Morgan fingerprint density at radius 1 is 1.47 bits per heavy atom. The van der Waals surface area contributed by atoms with Gasteiger partial charge in [0.1, 0.15) is 5.82 Å². The van der Waals surface area contributed by atoms with Crippen molar-refractivity contribution < 1.29 is 22.7 Å². The van der Waals surface area contributed by atoms with Crippen LogP contribution in [0.2, 0.25) is 0 Å². The summed E-state index contributed by atoms with van der Waals surface area (Å²) in [6, 6.07) is 4.06. The van der Waals surface area contributed by atoms with Crippen molar-refractivity contribution in [2.24, 2.45) is 0 Å². The topological polar surface area (TPSA) is 74.7 Å². The molecule has 0 aliphatic heterocycles. The largest absolute Gasteiger partial charge is 0.481 e. The van der Waals surface area contributed by atoms with E-state index in [1.54, 1.807) is 0 Å². The number of carboxylic acids is 1. The molecule has 0 aromatic heterocycles. The number of benzene rings is 1. The van der Waals surface area contributed by atoms with E-state index in [4.69, 9.17) is 5.11 Å². The number of aliphatic carboxylic acids is 1. The van der Waals surface area contributed by atoms with E-state index >= 15 is 0 Å². The second kappa shape index (κ2) is 6.44. The predicted octanol–water partition coefficient (Wildman–Crippen LogP) is 1.82. The molecular formula is C11H13BrFNO4S. The third-order valence-corrected chi connectivity index (χ3v) is 4.92. The lowest BCUT2D eigenvalue weighted by Gasteiger charge is -2.16. The fourth-order valence-corrected chi connectivity index (χ4v) is 2.78. The molecule has 0 aliphatic rings. The average Bonchev–Trinajstić information content (AvgIpc) is 2.30. The molecule has 0 fully saturated rings. The molecule has 1 aromatic carbocycles. The molecule has 0 amide bonds. The maximum atomic E-state index is 13.3. The van der Waals surface area contributed by atoms with E-state index in [0.29, 0.717) is 5.56 Å². The molecule has 0 radical (unpaired) electrons. The van der Waals surface area contributed by atoms with Crippen molar-refractivity contribution in [2.45, 2.75) is 12.2 Å². The number of nitrogens with zero attached hydrogens (tertiary/aromatic N) is 1. The highest BCUT2D eigenvalue weighted by Gasteiger charge is 2.19. The molecule has 5 nitrogen and oxygen atoms in total. The number of carbonyl (C=O) groups is 1. The number of rotatable bonds is 6. The summed E-state index contributed by atoms with van der Waals surface area (Å²) in [5, 5.41) is 8.51. The molecule has 0 heterocycles. The van der Waals surface area contributed by atoms with Crippen molar-refractivity contribution >= 4 is 31.9 Å². The Labute approximate surface area is 119 Å². The zero-order chi connectivity index (χ0) is 14.6. The standard InChI is InChI=1S/C11H13BrFNO4S/c1-14(5-4-11(15)16)19(17,18)7-8-2-3-9(12)10(13)6-8/h2-3,6H,4-5,7H2,1H3,(H,15,16). The van der Waals surface area contributed by atoms with Gasteiger partial charge in [-0.15, -0.1) is 0 Å². The third kappa shape index (κ3) is 4.88. The quantitative estimate of drug-likeness (QED) is 0.846. The van der Waals surface area contributed by atoms with Gasteiger partial charge in [0.25, 0.3) is 0 Å². The van der Waals surface area contributed by atoms with E-state index in [2.05, 4.69) is 15.9 Å². The Balaban J connectivity index is 2.78. The van der Waals surface area contributed by atoms with Crippen molar-refractivity contribution in [3.63, 3.8) is 0 Å². The average molecular weight is 354 g/mol. The third-order valence-electron chi connectivity index (χ3n) is 2.45. The minimum absolute atomic E-state index is 0.114. The van der Waals surface area contributed by atoms with Crippen LogP contribution in [-0.4, -0.2) is 37.4 Å². The van der Waals surface area contributed by atoms with Gasteiger partial charge in [0.05, 0.1) is 16.6 Å². The van der Waals surface area contributed by atoms with Crippen LogP contribution < -0.4 is 0 Å². The predicted molar refractivity (Wildman–Crippen MR) is 71.6 cm³/mol. The molecule has 0 spiro atoms. The van der Waals surface area contributed by atoms with E-state index in [1.165, 1.54) is 19.2 Å². The first-order valence-electron chi connectivity index (χ1n) is 5.32. The first-order chi connectivity index (χ1) is 8.72. The molecule has 1 rings (SSSR count). The molecule has 106 valence electrons. The van der Waals surface area contributed by atoms with Gasteiger partial charge < -0.3 is 5.11 Å². The van der Waals surface area contributed by atoms with Gasteiger partial charge in [0.15, 0.2) is 0 Å². The maximum absolute atomic E-state index is 13.3. The van der Waals surface area contributed by atoms with E-state index in [0.717, 1.165) is 10.4 Å². The summed E-state index contributed by atoms with van der Waals surface area (Å²) in [5.74, 6) is -1.98. The van der Waals surface area contributed by atoms with Crippen LogP contribution in [0.1, 0.15) is 12.0 Å². The summed E-state index contributed by atoms with van der Waals surface area (Å²) < 4.78 is 38.3. The second-order valence-electron chi connectivity index (χ2n) is 3.97. The Bertz CT molecular complexity index is 576. The summed E-state index contributed by atoms with van der Waals surface area (Å²) in [6.07, 6.45) is -0.273. The van der Waals surface area contributed by atoms with Gasteiger partial charge in [0, 0.05) is 13.6 Å². The smallest absolute Gasteiger partial charge is 0.304 e. The molecule has 1 N–H and O–H groups in total. The fraction of sp³-hybridized carbons (Fsp3) is 0.364. The van der Waals surface area contributed by atoms with Crippen LogP contribution in [0.25, 0.3) is 0 Å². The van der Waals surface area contributed by atoms with Crippen molar-refractivity contribution in [2.75, 3.05) is 13.6 Å². The Morgan fingerprint density at radius 2 is 2.11 bits per heavy atom. The minimum Gasteiger partial charge on any atom is -0.481 e. The van der Waals surface area contributed by atoms with Crippen molar-refractivity contribution in [3.8, 4) is 0 Å². The number of halogens is 2. The first-order valence-corrected chi connectivity index (χ1v) is 7.72. The second-order valence-corrected chi connectivity index (χ2v) is 6.90. The summed E-state index contributed by atoms with van der Waals surface area (Å²) in [6.45, 7) is -0.114. The zero-order valence-electron chi connectivity index (χ0n) is 10.1. The van der Waals surface area contributed by atoms with Gasteiger partial charge in [-0.3, -0.25) is 4.79 Å². The maximum Gasteiger partial charge on any atom is 0.304 e. The Hall–Kier alpha value is -0.990. The molecular weight excluding hydrogens is 341 g/mol. The molecule has 19 heavy (non-hydrogen) atoms. The van der Waals surface area contributed by atoms with Crippen LogP contribution in [-0.2, 0) is 20.6 Å². The molecule has 8 heteroatoms. The Kier molecular flexibility index (Phi) is 5.45. The van der Waals surface area contributed by atoms with Gasteiger partial charge in [-0.1, -0.05) is 6.07 Å². The molecule has 0 atom stereocenters. The summed E-state index contributed by atoms with van der Waals surface area (Å²) >= 11 is 2.98. The van der Waals surface area contributed by atoms with Crippen LogP contribution in [0.3, 0.4) is 0 Å². The lowest BCUT2D eigenvalue weighted by molar-refractivity contribution is -0.137. The normalized spacial score (nSPS) is 11.8. The van der Waals surface area contributed by atoms with E-state index < -0.39 is 21.8 Å². The van der Waals surface area contributed by atoms with E-state index in [1.807, 2.05) is 0 Å². The van der Waals surface area contributed by atoms with Gasteiger partial charge in [-0.2, -0.15) is 0 Å². The van der Waals surface area contributed by atoms with Gasteiger partial charge in [-0.05, 0) is 33.6 Å². The van der Waals surface area contributed by atoms with Crippen LogP contribution in [0.4, 0.5) is 4.39 Å². The van der Waals surface area contributed by atoms with Gasteiger partial charge in [0.2, 0.25) is 10.0 Å². The summed E-state index contributed by atoms with van der Waals surface area (Å²) in [5.41, 5.74) is 0.308. The highest BCUT2D eigenvalue weighted by atomic mass is 79.9. The van der Waals surface area contributed by atoms with Gasteiger partial charge >= 0.3 is 5.97 Å². The zero-order valence-corrected chi connectivity index (χ0v) is 12.5. The molecule has 0 bridgehead atoms. The number of hydrogen-bond donors (Lipinski definition) is 1. The van der Waals surface area contributed by atoms with Gasteiger partial charge in [-0.25, -0.2) is 17.1 Å². The Morgan fingerprint density at radius 3 is 2.63 bits per heavy atom. The summed E-state index contributed by atoms with van der Waals surface area (Å²) in [4.78, 5) is 10.4. The van der Waals surface area contributed by atoms with Crippen LogP contribution in [0, 0.1) is 5.82 Å². The summed E-state index contributed by atoms with van der Waals surface area (Å²) in [7, 11) is -2.35. The lowest BCUT2D eigenvalue weighted by atomic mass is 10.2. The van der Waals surface area contributed by atoms with Crippen molar-refractivity contribution in [3.05, 3.63) is 34.1 Å². The number of carboxylic acid groups (broad SMARTS) is 1. The van der Waals surface area contributed by atoms with Crippen LogP contribution in [0.5, 0.6) is 0 Å².